The second kappa shape index (κ2) is 5.22. The standard InChI is InChI=1S/C16H25N/c1-13-7-9-16(12-17,10-8-13)11-15-6-4-3-5-14(15)2/h3-6,13H,7-12,17H2,1-2H3. The summed E-state index contributed by atoms with van der Waals surface area (Å²) < 4.78 is 0. The van der Waals surface area contributed by atoms with E-state index < -0.39 is 0 Å². The topological polar surface area (TPSA) is 26.0 Å². The number of hydrogen-bond acceptors (Lipinski definition) is 1. The maximum atomic E-state index is 6.08. The van der Waals surface area contributed by atoms with Gasteiger partial charge in [0, 0.05) is 0 Å². The molecule has 0 aromatic heterocycles. The number of rotatable bonds is 3. The van der Waals surface area contributed by atoms with E-state index in [9.17, 15) is 0 Å². The third kappa shape index (κ3) is 2.90. The van der Waals surface area contributed by atoms with Crippen molar-refractivity contribution in [3.63, 3.8) is 0 Å². The Hall–Kier alpha value is -0.820. The molecule has 1 aromatic carbocycles. The quantitative estimate of drug-likeness (QED) is 0.843. The summed E-state index contributed by atoms with van der Waals surface area (Å²) in [6.45, 7) is 5.42. The van der Waals surface area contributed by atoms with E-state index in [2.05, 4.69) is 38.1 Å². The number of nitrogens with two attached hydrogens (primary N) is 1. The summed E-state index contributed by atoms with van der Waals surface area (Å²) in [4.78, 5) is 0. The largest absolute Gasteiger partial charge is 0.330 e. The van der Waals surface area contributed by atoms with Gasteiger partial charge in [0.05, 0.1) is 0 Å². The molecule has 0 aliphatic heterocycles. The summed E-state index contributed by atoms with van der Waals surface area (Å²) >= 11 is 0. The fourth-order valence-electron chi connectivity index (χ4n) is 3.04. The molecule has 1 saturated carbocycles. The first-order chi connectivity index (χ1) is 8.15. The van der Waals surface area contributed by atoms with Gasteiger partial charge in [0.1, 0.15) is 0 Å². The molecule has 2 N–H and O–H groups in total. The van der Waals surface area contributed by atoms with Crippen LogP contribution in [-0.2, 0) is 6.42 Å². The average molecular weight is 231 g/mol. The Morgan fingerprint density at radius 1 is 1.24 bits per heavy atom. The summed E-state index contributed by atoms with van der Waals surface area (Å²) in [5.74, 6) is 0.895. The maximum Gasteiger partial charge on any atom is -0.00173 e. The Morgan fingerprint density at radius 2 is 1.88 bits per heavy atom. The van der Waals surface area contributed by atoms with Crippen LogP contribution in [0.5, 0.6) is 0 Å². The van der Waals surface area contributed by atoms with Gasteiger partial charge in [0.2, 0.25) is 0 Å². The SMILES string of the molecule is Cc1ccccc1CC1(CN)CCC(C)CC1. The molecule has 1 nitrogen and oxygen atoms in total. The second-order valence-electron chi connectivity index (χ2n) is 5.99. The van der Waals surface area contributed by atoms with E-state index in [0.717, 1.165) is 12.5 Å². The predicted molar refractivity (Wildman–Crippen MR) is 74.0 cm³/mol. The molecule has 17 heavy (non-hydrogen) atoms. The minimum Gasteiger partial charge on any atom is -0.330 e. The third-order valence-electron chi connectivity index (χ3n) is 4.59. The van der Waals surface area contributed by atoms with Gasteiger partial charge in [-0.3, -0.25) is 0 Å². The minimum atomic E-state index is 0.374. The van der Waals surface area contributed by atoms with E-state index in [-0.39, 0.29) is 0 Å². The molecular weight excluding hydrogens is 206 g/mol. The molecule has 2 rings (SSSR count). The van der Waals surface area contributed by atoms with Crippen LogP contribution in [0, 0.1) is 18.3 Å². The van der Waals surface area contributed by atoms with Gasteiger partial charge in [-0.2, -0.15) is 0 Å². The molecule has 0 atom stereocenters. The van der Waals surface area contributed by atoms with Crippen LogP contribution >= 0.6 is 0 Å². The lowest BCUT2D eigenvalue weighted by molar-refractivity contribution is 0.163. The Labute approximate surface area is 105 Å². The monoisotopic (exact) mass is 231 g/mol. The highest BCUT2D eigenvalue weighted by atomic mass is 14.6. The van der Waals surface area contributed by atoms with Crippen LogP contribution in [0.3, 0.4) is 0 Å². The molecule has 1 heteroatoms. The van der Waals surface area contributed by atoms with Crippen molar-refractivity contribution in [1.82, 2.24) is 0 Å². The maximum absolute atomic E-state index is 6.08. The van der Waals surface area contributed by atoms with Crippen molar-refractivity contribution < 1.29 is 0 Å². The fraction of sp³-hybridized carbons (Fsp3) is 0.625. The normalized spacial score (nSPS) is 29.2. The molecule has 0 heterocycles. The molecule has 0 radical (unpaired) electrons. The highest BCUT2D eigenvalue weighted by Gasteiger charge is 2.33. The summed E-state index contributed by atoms with van der Waals surface area (Å²) in [7, 11) is 0. The first kappa shape index (κ1) is 12.6. The van der Waals surface area contributed by atoms with Gasteiger partial charge in [-0.05, 0) is 55.2 Å². The molecule has 0 spiro atoms. The van der Waals surface area contributed by atoms with Crippen LogP contribution < -0.4 is 5.73 Å². The van der Waals surface area contributed by atoms with Gasteiger partial charge < -0.3 is 5.73 Å². The van der Waals surface area contributed by atoms with Crippen molar-refractivity contribution in [3.8, 4) is 0 Å². The van der Waals surface area contributed by atoms with Crippen molar-refractivity contribution in [3.05, 3.63) is 35.4 Å². The Kier molecular flexibility index (Phi) is 3.88. The van der Waals surface area contributed by atoms with Crippen LogP contribution in [-0.4, -0.2) is 6.54 Å². The summed E-state index contributed by atoms with van der Waals surface area (Å²) in [5.41, 5.74) is 9.36. The first-order valence-corrected chi connectivity index (χ1v) is 6.90. The zero-order valence-electron chi connectivity index (χ0n) is 11.2. The summed E-state index contributed by atoms with van der Waals surface area (Å²) in [6, 6.07) is 8.75. The molecule has 1 aliphatic carbocycles. The lowest BCUT2D eigenvalue weighted by Crippen LogP contribution is -2.36. The summed E-state index contributed by atoms with van der Waals surface area (Å²) in [6.07, 6.45) is 6.48. The zero-order valence-corrected chi connectivity index (χ0v) is 11.2. The molecule has 1 fully saturated rings. The van der Waals surface area contributed by atoms with Gasteiger partial charge in [-0.1, -0.05) is 44.0 Å². The van der Waals surface area contributed by atoms with Crippen LogP contribution in [0.1, 0.15) is 43.7 Å². The van der Waals surface area contributed by atoms with E-state index in [1.165, 1.54) is 43.2 Å². The lowest BCUT2D eigenvalue weighted by Gasteiger charge is -2.39. The van der Waals surface area contributed by atoms with E-state index in [4.69, 9.17) is 5.73 Å². The Bertz CT molecular complexity index is 362. The van der Waals surface area contributed by atoms with Gasteiger partial charge in [-0.25, -0.2) is 0 Å². The average Bonchev–Trinajstić information content (AvgIpc) is 2.35. The van der Waals surface area contributed by atoms with E-state index >= 15 is 0 Å². The predicted octanol–water partition coefficient (Wildman–Crippen LogP) is 3.69. The molecule has 0 amide bonds. The molecule has 1 aliphatic rings. The van der Waals surface area contributed by atoms with Gasteiger partial charge >= 0.3 is 0 Å². The molecule has 94 valence electrons. The van der Waals surface area contributed by atoms with E-state index in [0.29, 0.717) is 5.41 Å². The van der Waals surface area contributed by atoms with Gasteiger partial charge in [0.25, 0.3) is 0 Å². The number of benzene rings is 1. The van der Waals surface area contributed by atoms with Crippen molar-refractivity contribution >= 4 is 0 Å². The Morgan fingerprint density at radius 3 is 2.47 bits per heavy atom. The van der Waals surface area contributed by atoms with Gasteiger partial charge in [-0.15, -0.1) is 0 Å². The molecule has 0 saturated heterocycles. The van der Waals surface area contributed by atoms with Crippen LogP contribution in [0.2, 0.25) is 0 Å². The van der Waals surface area contributed by atoms with Crippen molar-refractivity contribution in [2.75, 3.05) is 6.54 Å². The molecular formula is C16H25N. The summed E-state index contributed by atoms with van der Waals surface area (Å²) in [5, 5.41) is 0. The Balaban J connectivity index is 2.12. The third-order valence-corrected chi connectivity index (χ3v) is 4.59. The van der Waals surface area contributed by atoms with Crippen molar-refractivity contribution in [2.45, 2.75) is 46.0 Å². The molecule has 1 aromatic rings. The first-order valence-electron chi connectivity index (χ1n) is 6.90. The second-order valence-corrected chi connectivity index (χ2v) is 5.99. The highest BCUT2D eigenvalue weighted by Crippen LogP contribution is 2.40. The van der Waals surface area contributed by atoms with E-state index in [1.807, 2.05) is 0 Å². The lowest BCUT2D eigenvalue weighted by atomic mass is 9.67. The smallest absolute Gasteiger partial charge is 0.00173 e. The molecule has 0 unspecified atom stereocenters. The minimum absolute atomic E-state index is 0.374. The van der Waals surface area contributed by atoms with E-state index in [1.54, 1.807) is 0 Å². The van der Waals surface area contributed by atoms with Crippen LogP contribution in [0.25, 0.3) is 0 Å². The number of hydrogen-bond donors (Lipinski definition) is 1. The van der Waals surface area contributed by atoms with Gasteiger partial charge in [0.15, 0.2) is 0 Å². The van der Waals surface area contributed by atoms with Crippen molar-refractivity contribution in [1.29, 1.82) is 0 Å². The zero-order chi connectivity index (χ0) is 12.3. The van der Waals surface area contributed by atoms with Crippen LogP contribution in [0.15, 0.2) is 24.3 Å². The molecule has 0 bridgehead atoms. The fourth-order valence-corrected chi connectivity index (χ4v) is 3.04. The van der Waals surface area contributed by atoms with Crippen molar-refractivity contribution in [2.24, 2.45) is 17.1 Å². The van der Waals surface area contributed by atoms with Crippen LogP contribution in [0.4, 0.5) is 0 Å². The highest BCUT2D eigenvalue weighted by molar-refractivity contribution is 5.27. The number of aryl methyl sites for hydroxylation is 1.